The van der Waals surface area contributed by atoms with Crippen LogP contribution >= 0.6 is 15.9 Å². The summed E-state index contributed by atoms with van der Waals surface area (Å²) >= 11 is 3.19. The van der Waals surface area contributed by atoms with Gasteiger partial charge in [-0.05, 0) is 17.7 Å². The van der Waals surface area contributed by atoms with Crippen LogP contribution in [0.1, 0.15) is 12.5 Å². The SMILES string of the molecule is CC1C(Br)=CC(OCc2ccccc2)=CC1C(F)(F)F. The molecular formula is C15H14BrF3O. The molecule has 0 aromatic heterocycles. The third kappa shape index (κ3) is 3.66. The van der Waals surface area contributed by atoms with Crippen LogP contribution in [-0.2, 0) is 11.3 Å². The van der Waals surface area contributed by atoms with Crippen LogP contribution in [-0.4, -0.2) is 6.18 Å². The Morgan fingerprint density at radius 1 is 1.20 bits per heavy atom. The Kier molecular flexibility index (Phi) is 4.58. The summed E-state index contributed by atoms with van der Waals surface area (Å²) in [6.07, 6.45) is -1.51. The minimum atomic E-state index is -4.27. The molecule has 0 N–H and O–H groups in total. The Morgan fingerprint density at radius 2 is 1.85 bits per heavy atom. The van der Waals surface area contributed by atoms with Crippen LogP contribution in [0.15, 0.2) is 52.7 Å². The van der Waals surface area contributed by atoms with E-state index in [1.807, 2.05) is 30.3 Å². The molecule has 1 aromatic rings. The lowest BCUT2D eigenvalue weighted by molar-refractivity contribution is -0.170. The lowest BCUT2D eigenvalue weighted by Gasteiger charge is -2.27. The molecule has 1 aliphatic carbocycles. The van der Waals surface area contributed by atoms with Crippen molar-refractivity contribution in [3.8, 4) is 0 Å². The summed E-state index contributed by atoms with van der Waals surface area (Å²) in [5.41, 5.74) is 0.917. The standard InChI is InChI=1S/C15H14BrF3O/c1-10-13(15(17,18)19)7-12(8-14(10)16)20-9-11-5-3-2-4-6-11/h2-8,10,13H,9H2,1H3. The predicted molar refractivity (Wildman–Crippen MR) is 75.0 cm³/mol. The highest BCUT2D eigenvalue weighted by molar-refractivity contribution is 9.11. The second kappa shape index (κ2) is 6.04. The van der Waals surface area contributed by atoms with Gasteiger partial charge in [0.15, 0.2) is 0 Å². The summed E-state index contributed by atoms with van der Waals surface area (Å²) < 4.78 is 44.8. The van der Waals surface area contributed by atoms with Crippen molar-refractivity contribution < 1.29 is 17.9 Å². The lowest BCUT2D eigenvalue weighted by Crippen LogP contribution is -2.29. The van der Waals surface area contributed by atoms with E-state index in [1.54, 1.807) is 13.0 Å². The maximum atomic E-state index is 13.0. The van der Waals surface area contributed by atoms with Gasteiger partial charge in [-0.15, -0.1) is 0 Å². The average Bonchev–Trinajstić information content (AvgIpc) is 2.40. The van der Waals surface area contributed by atoms with Crippen molar-refractivity contribution in [3.05, 3.63) is 58.3 Å². The van der Waals surface area contributed by atoms with Crippen molar-refractivity contribution in [3.63, 3.8) is 0 Å². The molecule has 2 rings (SSSR count). The highest BCUT2D eigenvalue weighted by Gasteiger charge is 2.44. The third-order valence-electron chi connectivity index (χ3n) is 3.22. The van der Waals surface area contributed by atoms with Crippen LogP contribution in [0.5, 0.6) is 0 Å². The molecule has 1 nitrogen and oxygen atoms in total. The first-order valence-electron chi connectivity index (χ1n) is 6.20. The normalized spacial score (nSPS) is 23.1. The molecule has 0 amide bonds. The van der Waals surface area contributed by atoms with Gasteiger partial charge < -0.3 is 4.74 Å². The van der Waals surface area contributed by atoms with Gasteiger partial charge in [0.05, 0.1) is 5.92 Å². The Morgan fingerprint density at radius 3 is 2.45 bits per heavy atom. The van der Waals surface area contributed by atoms with Gasteiger partial charge in [0.2, 0.25) is 0 Å². The zero-order chi connectivity index (χ0) is 14.8. The Bertz CT molecular complexity index is 520. The first-order chi connectivity index (χ1) is 9.38. The highest BCUT2D eigenvalue weighted by atomic mass is 79.9. The van der Waals surface area contributed by atoms with Crippen LogP contribution in [0, 0.1) is 11.8 Å². The van der Waals surface area contributed by atoms with Crippen LogP contribution < -0.4 is 0 Å². The number of ether oxygens (including phenoxy) is 1. The number of rotatable bonds is 3. The van der Waals surface area contributed by atoms with Gasteiger partial charge in [-0.3, -0.25) is 0 Å². The summed E-state index contributed by atoms with van der Waals surface area (Å²) in [6, 6.07) is 9.33. The number of halogens is 4. The third-order valence-corrected chi connectivity index (χ3v) is 4.18. The molecule has 0 bridgehead atoms. The van der Waals surface area contributed by atoms with Gasteiger partial charge >= 0.3 is 6.18 Å². The minimum Gasteiger partial charge on any atom is -0.489 e. The number of allylic oxidation sites excluding steroid dienone is 3. The van der Waals surface area contributed by atoms with Crippen LogP contribution in [0.25, 0.3) is 0 Å². The number of benzene rings is 1. The molecule has 5 heteroatoms. The van der Waals surface area contributed by atoms with Crippen LogP contribution in [0.3, 0.4) is 0 Å². The topological polar surface area (TPSA) is 9.23 Å². The Labute approximate surface area is 124 Å². The fourth-order valence-electron chi connectivity index (χ4n) is 2.02. The molecule has 0 aliphatic heterocycles. The lowest BCUT2D eigenvalue weighted by atomic mass is 9.89. The molecule has 0 heterocycles. The second-order valence-corrected chi connectivity index (χ2v) is 5.64. The van der Waals surface area contributed by atoms with Gasteiger partial charge in [-0.25, -0.2) is 0 Å². The number of hydrogen-bond acceptors (Lipinski definition) is 1. The van der Waals surface area contributed by atoms with E-state index in [0.717, 1.165) is 11.6 Å². The van der Waals surface area contributed by atoms with Crippen molar-refractivity contribution in [2.45, 2.75) is 19.7 Å². The molecule has 20 heavy (non-hydrogen) atoms. The predicted octanol–water partition coefficient (Wildman–Crippen LogP) is 5.19. The molecule has 2 unspecified atom stereocenters. The van der Waals surface area contributed by atoms with E-state index < -0.39 is 18.0 Å². The van der Waals surface area contributed by atoms with E-state index in [9.17, 15) is 13.2 Å². The van der Waals surface area contributed by atoms with Gasteiger partial charge in [0.1, 0.15) is 12.4 Å². The highest BCUT2D eigenvalue weighted by Crippen LogP contribution is 2.42. The molecular weight excluding hydrogens is 333 g/mol. The fourth-order valence-corrected chi connectivity index (χ4v) is 2.53. The molecule has 108 valence electrons. The molecule has 0 radical (unpaired) electrons. The largest absolute Gasteiger partial charge is 0.489 e. The quantitative estimate of drug-likeness (QED) is 0.731. The minimum absolute atomic E-state index is 0.251. The van der Waals surface area contributed by atoms with Crippen molar-refractivity contribution in [1.82, 2.24) is 0 Å². The van der Waals surface area contributed by atoms with Crippen LogP contribution in [0.2, 0.25) is 0 Å². The fraction of sp³-hybridized carbons (Fsp3) is 0.333. The van der Waals surface area contributed by atoms with E-state index in [2.05, 4.69) is 15.9 Å². The van der Waals surface area contributed by atoms with E-state index in [0.29, 0.717) is 4.48 Å². The van der Waals surface area contributed by atoms with Crippen molar-refractivity contribution >= 4 is 15.9 Å². The number of alkyl halides is 3. The first kappa shape index (κ1) is 15.2. The van der Waals surface area contributed by atoms with Crippen molar-refractivity contribution in [1.29, 1.82) is 0 Å². The molecule has 0 saturated heterocycles. The molecule has 0 spiro atoms. The average molecular weight is 347 g/mol. The summed E-state index contributed by atoms with van der Waals surface area (Å²) in [6.45, 7) is 1.80. The maximum absolute atomic E-state index is 13.0. The van der Waals surface area contributed by atoms with Gasteiger partial charge in [-0.2, -0.15) is 13.2 Å². The zero-order valence-electron chi connectivity index (χ0n) is 10.8. The summed E-state index contributed by atoms with van der Waals surface area (Å²) in [5, 5.41) is 0. The summed E-state index contributed by atoms with van der Waals surface area (Å²) in [7, 11) is 0. The summed E-state index contributed by atoms with van der Waals surface area (Å²) in [4.78, 5) is 0. The Balaban J connectivity index is 2.11. The van der Waals surface area contributed by atoms with Crippen molar-refractivity contribution in [2.24, 2.45) is 11.8 Å². The summed E-state index contributed by atoms with van der Waals surface area (Å²) in [5.74, 6) is -1.90. The molecule has 0 saturated carbocycles. The first-order valence-corrected chi connectivity index (χ1v) is 6.99. The molecule has 2 atom stereocenters. The zero-order valence-corrected chi connectivity index (χ0v) is 12.4. The second-order valence-electron chi connectivity index (χ2n) is 4.73. The molecule has 1 aliphatic rings. The number of hydrogen-bond donors (Lipinski definition) is 0. The van der Waals surface area contributed by atoms with Gasteiger partial charge in [-0.1, -0.05) is 53.2 Å². The molecule has 1 aromatic carbocycles. The van der Waals surface area contributed by atoms with E-state index >= 15 is 0 Å². The van der Waals surface area contributed by atoms with E-state index in [4.69, 9.17) is 4.74 Å². The van der Waals surface area contributed by atoms with Gasteiger partial charge in [0, 0.05) is 10.4 Å². The monoisotopic (exact) mass is 346 g/mol. The smallest absolute Gasteiger partial charge is 0.395 e. The molecule has 0 fully saturated rings. The maximum Gasteiger partial charge on any atom is 0.395 e. The van der Waals surface area contributed by atoms with Crippen LogP contribution in [0.4, 0.5) is 13.2 Å². The Hall–Kier alpha value is -1.23. The van der Waals surface area contributed by atoms with Crippen molar-refractivity contribution in [2.75, 3.05) is 0 Å². The van der Waals surface area contributed by atoms with E-state index in [-0.39, 0.29) is 12.4 Å². The van der Waals surface area contributed by atoms with Gasteiger partial charge in [0.25, 0.3) is 0 Å². The van der Waals surface area contributed by atoms with E-state index in [1.165, 1.54) is 0 Å².